The molecule has 2 N–H and O–H groups in total. The zero-order valence-corrected chi connectivity index (χ0v) is 22.7. The van der Waals surface area contributed by atoms with E-state index in [1.807, 2.05) is 0 Å². The van der Waals surface area contributed by atoms with Crippen molar-refractivity contribution in [2.45, 2.75) is 118 Å². The van der Waals surface area contributed by atoms with E-state index in [4.69, 9.17) is 0 Å². The summed E-state index contributed by atoms with van der Waals surface area (Å²) in [6, 6.07) is 0. The van der Waals surface area contributed by atoms with E-state index in [1.54, 1.807) is 0 Å². The molecule has 0 radical (unpaired) electrons. The second kappa shape index (κ2) is 8.81. The maximum Gasteiger partial charge on any atom is 0.0757 e. The maximum atomic E-state index is 11.4. The van der Waals surface area contributed by atoms with Gasteiger partial charge in [-0.2, -0.15) is 0 Å². The molecule has 3 saturated carbocycles. The van der Waals surface area contributed by atoms with Crippen LogP contribution in [0.1, 0.15) is 106 Å². The Morgan fingerprint density at radius 1 is 1.06 bits per heavy atom. The molecule has 0 heterocycles. The largest absolute Gasteiger partial charge is 0.393 e. The van der Waals surface area contributed by atoms with Gasteiger partial charge < -0.3 is 10.2 Å². The number of hydrogen-bond acceptors (Lipinski definition) is 2. The lowest BCUT2D eigenvalue weighted by molar-refractivity contribution is -0.0972. The lowest BCUT2D eigenvalue weighted by atomic mass is 9.46. The van der Waals surface area contributed by atoms with Crippen molar-refractivity contribution in [3.63, 3.8) is 0 Å². The predicted octanol–water partition coefficient (Wildman–Crippen LogP) is 7.55. The van der Waals surface area contributed by atoms with Crippen molar-refractivity contribution >= 4 is 0 Å². The van der Waals surface area contributed by atoms with Crippen LogP contribution in [-0.4, -0.2) is 22.4 Å². The first-order valence-electron chi connectivity index (χ1n) is 14.0. The van der Waals surface area contributed by atoms with Gasteiger partial charge in [0.15, 0.2) is 0 Å². The van der Waals surface area contributed by atoms with E-state index in [9.17, 15) is 10.2 Å². The number of fused-ring (bicyclic) bond motifs is 5. The Kier molecular flexibility index (Phi) is 6.80. The Morgan fingerprint density at radius 3 is 2.39 bits per heavy atom. The Balaban J connectivity index is 1.51. The van der Waals surface area contributed by atoms with E-state index >= 15 is 0 Å². The van der Waals surface area contributed by atoms with Crippen LogP contribution in [0.2, 0.25) is 0 Å². The second-order valence-corrected chi connectivity index (χ2v) is 14.3. The van der Waals surface area contributed by atoms with Gasteiger partial charge in [0.05, 0.1) is 12.2 Å². The van der Waals surface area contributed by atoms with E-state index < -0.39 is 0 Å². The van der Waals surface area contributed by atoms with Crippen LogP contribution in [0.15, 0.2) is 23.8 Å². The van der Waals surface area contributed by atoms with E-state index in [-0.39, 0.29) is 23.0 Å². The Morgan fingerprint density at radius 2 is 1.76 bits per heavy atom. The molecular formula is C31H52O2. The highest BCUT2D eigenvalue weighted by Crippen LogP contribution is 2.67. The molecule has 33 heavy (non-hydrogen) atoms. The van der Waals surface area contributed by atoms with Gasteiger partial charge in [-0.3, -0.25) is 0 Å². The standard InChI is InChI=1S/C31H52O2/c1-19(2)23(29(4,5)6)10-9-20(3)24-11-12-25-28-26(14-16-31(24,25)8)30(7)15-13-22(32)17-21(30)18-27(28)33/h18,20,22-28,32-33H,1,9-17H2,2-8H3/t20?,22-,23?,24+,25?,26?,27+,28?,30-,31+/m0/s1. The van der Waals surface area contributed by atoms with Gasteiger partial charge in [-0.1, -0.05) is 65.3 Å². The minimum atomic E-state index is -0.323. The average molecular weight is 457 g/mol. The molecule has 0 aromatic carbocycles. The van der Waals surface area contributed by atoms with Crippen LogP contribution in [0, 0.1) is 51.8 Å². The molecule has 0 aliphatic heterocycles. The van der Waals surface area contributed by atoms with Crippen molar-refractivity contribution in [1.82, 2.24) is 0 Å². The number of rotatable bonds is 5. The van der Waals surface area contributed by atoms with Crippen LogP contribution in [0.5, 0.6) is 0 Å². The quantitative estimate of drug-likeness (QED) is 0.419. The van der Waals surface area contributed by atoms with Crippen LogP contribution >= 0.6 is 0 Å². The number of aliphatic hydroxyl groups excluding tert-OH is 2. The van der Waals surface area contributed by atoms with Gasteiger partial charge in [-0.25, -0.2) is 0 Å². The summed E-state index contributed by atoms with van der Waals surface area (Å²) in [4.78, 5) is 0. The summed E-state index contributed by atoms with van der Waals surface area (Å²) in [5, 5.41) is 21.7. The van der Waals surface area contributed by atoms with Crippen molar-refractivity contribution in [2.24, 2.45) is 51.8 Å². The topological polar surface area (TPSA) is 40.5 Å². The third-order valence-corrected chi connectivity index (χ3v) is 11.4. The van der Waals surface area contributed by atoms with Crippen LogP contribution in [0.4, 0.5) is 0 Å². The van der Waals surface area contributed by atoms with Crippen molar-refractivity contribution < 1.29 is 10.2 Å². The molecular weight excluding hydrogens is 404 g/mol. The van der Waals surface area contributed by atoms with Crippen LogP contribution < -0.4 is 0 Å². The molecule has 5 unspecified atom stereocenters. The van der Waals surface area contributed by atoms with E-state index in [0.717, 1.165) is 31.1 Å². The lowest BCUT2D eigenvalue weighted by Gasteiger charge is -2.59. The summed E-state index contributed by atoms with van der Waals surface area (Å²) in [5.41, 5.74) is 3.53. The summed E-state index contributed by atoms with van der Waals surface area (Å²) >= 11 is 0. The van der Waals surface area contributed by atoms with Crippen LogP contribution in [0.25, 0.3) is 0 Å². The van der Waals surface area contributed by atoms with Gasteiger partial charge in [0, 0.05) is 0 Å². The molecule has 2 nitrogen and oxygen atoms in total. The molecule has 4 aliphatic carbocycles. The van der Waals surface area contributed by atoms with Crippen molar-refractivity contribution in [1.29, 1.82) is 0 Å². The van der Waals surface area contributed by atoms with Gasteiger partial charge in [0.25, 0.3) is 0 Å². The fourth-order valence-corrected chi connectivity index (χ4v) is 9.65. The van der Waals surface area contributed by atoms with Gasteiger partial charge >= 0.3 is 0 Å². The van der Waals surface area contributed by atoms with Gasteiger partial charge in [-0.15, -0.1) is 0 Å². The van der Waals surface area contributed by atoms with Gasteiger partial charge in [-0.05, 0) is 116 Å². The minimum Gasteiger partial charge on any atom is -0.393 e. The smallest absolute Gasteiger partial charge is 0.0757 e. The first-order chi connectivity index (χ1) is 15.3. The molecule has 3 fully saturated rings. The SMILES string of the molecule is C=C(C)C(CCC(C)[C@H]1CCC2C3C(CC[C@@]21C)[C@@]1(C)CC[C@H](O)CC1=C[C@H]3O)C(C)(C)C. The predicted molar refractivity (Wildman–Crippen MR) is 139 cm³/mol. The monoisotopic (exact) mass is 456 g/mol. The van der Waals surface area contributed by atoms with Crippen molar-refractivity contribution in [3.8, 4) is 0 Å². The summed E-state index contributed by atoms with van der Waals surface area (Å²) < 4.78 is 0. The van der Waals surface area contributed by atoms with Gasteiger partial charge in [0.2, 0.25) is 0 Å². The number of allylic oxidation sites excluding steroid dienone is 1. The first kappa shape index (κ1) is 25.5. The molecule has 4 rings (SSSR count). The Bertz CT molecular complexity index is 774. The third-order valence-electron chi connectivity index (χ3n) is 11.4. The highest BCUT2D eigenvalue weighted by molar-refractivity contribution is 5.28. The van der Waals surface area contributed by atoms with Crippen molar-refractivity contribution in [3.05, 3.63) is 23.8 Å². The Hall–Kier alpha value is -0.600. The Labute approximate surface area is 204 Å². The zero-order valence-electron chi connectivity index (χ0n) is 22.7. The first-order valence-corrected chi connectivity index (χ1v) is 14.0. The molecule has 188 valence electrons. The van der Waals surface area contributed by atoms with Crippen LogP contribution in [-0.2, 0) is 0 Å². The summed E-state index contributed by atoms with van der Waals surface area (Å²) in [5.74, 6) is 3.72. The summed E-state index contributed by atoms with van der Waals surface area (Å²) in [7, 11) is 0. The molecule has 4 aliphatic rings. The third kappa shape index (κ3) is 4.31. The minimum absolute atomic E-state index is 0.190. The van der Waals surface area contributed by atoms with Crippen molar-refractivity contribution in [2.75, 3.05) is 0 Å². The molecule has 0 bridgehead atoms. The molecule has 0 spiro atoms. The fraction of sp³-hybridized carbons (Fsp3) is 0.871. The molecule has 0 saturated heterocycles. The molecule has 0 aromatic heterocycles. The molecule has 2 heteroatoms. The molecule has 0 aromatic rings. The highest BCUT2D eigenvalue weighted by Gasteiger charge is 2.61. The van der Waals surface area contributed by atoms with E-state index in [2.05, 4.69) is 61.1 Å². The van der Waals surface area contributed by atoms with E-state index in [0.29, 0.717) is 29.1 Å². The molecule has 0 amide bonds. The van der Waals surface area contributed by atoms with E-state index in [1.165, 1.54) is 49.7 Å². The van der Waals surface area contributed by atoms with Gasteiger partial charge in [0.1, 0.15) is 0 Å². The lowest BCUT2D eigenvalue weighted by Crippen LogP contribution is -2.55. The normalized spacial score (nSPS) is 44.8. The second-order valence-electron chi connectivity index (χ2n) is 14.3. The molecule has 10 atom stereocenters. The number of aliphatic hydroxyl groups is 2. The highest BCUT2D eigenvalue weighted by atomic mass is 16.3. The fourth-order valence-electron chi connectivity index (χ4n) is 9.65. The summed E-state index contributed by atoms with van der Waals surface area (Å²) in [6.45, 7) is 21.2. The number of hydrogen-bond donors (Lipinski definition) is 2. The summed E-state index contributed by atoms with van der Waals surface area (Å²) in [6.07, 6.45) is 12.2. The zero-order chi connectivity index (χ0) is 24.3. The van der Waals surface area contributed by atoms with Crippen LogP contribution in [0.3, 0.4) is 0 Å². The maximum absolute atomic E-state index is 11.4. The average Bonchev–Trinajstić information content (AvgIpc) is 3.05.